The van der Waals surface area contributed by atoms with Gasteiger partial charge in [0.05, 0.1) is 4.92 Å². The molecule has 0 radical (unpaired) electrons. The largest absolute Gasteiger partial charge is 0.456 e. The number of benzene rings is 2. The number of nitrogens with two attached hydrogens (primary N) is 1. The fourth-order valence-corrected chi connectivity index (χ4v) is 2.20. The predicted molar refractivity (Wildman–Crippen MR) is 79.9 cm³/mol. The molecule has 2 aromatic rings. The zero-order valence-corrected chi connectivity index (χ0v) is 12.3. The van der Waals surface area contributed by atoms with Crippen LogP contribution < -0.4 is 10.5 Å². The third-order valence-electron chi connectivity index (χ3n) is 2.75. The Morgan fingerprint density at radius 2 is 2.00 bits per heavy atom. The molecule has 0 aliphatic heterocycles. The third-order valence-corrected chi connectivity index (χ3v) is 3.55. The minimum absolute atomic E-state index is 0.0363. The molecule has 2 aromatic carbocycles. The van der Waals surface area contributed by atoms with E-state index < -0.39 is 4.92 Å². The summed E-state index contributed by atoms with van der Waals surface area (Å²) in [5.41, 5.74) is 6.71. The second-order valence-electron chi connectivity index (χ2n) is 4.31. The minimum atomic E-state index is -0.463. The Hall–Kier alpha value is -1.92. The van der Waals surface area contributed by atoms with E-state index in [0.29, 0.717) is 16.0 Å². The van der Waals surface area contributed by atoms with Gasteiger partial charge in [0.25, 0.3) is 5.69 Å². The van der Waals surface area contributed by atoms with Crippen LogP contribution in [0.15, 0.2) is 46.9 Å². The molecule has 0 saturated heterocycles. The second-order valence-corrected chi connectivity index (χ2v) is 5.10. The van der Waals surface area contributed by atoms with Crippen molar-refractivity contribution in [1.82, 2.24) is 0 Å². The predicted octanol–water partition coefficient (Wildman–Crippen LogP) is 4.17. The van der Waals surface area contributed by atoms with E-state index in [1.165, 1.54) is 6.07 Å². The molecule has 1 unspecified atom stereocenters. The van der Waals surface area contributed by atoms with Gasteiger partial charge in [0.2, 0.25) is 0 Å². The first kappa shape index (κ1) is 14.5. The highest BCUT2D eigenvalue weighted by Gasteiger charge is 2.16. The SMILES string of the molecule is CC(N)c1cccc(Oc2cccc([N+](=O)[O-])c2Br)c1. The highest BCUT2D eigenvalue weighted by atomic mass is 79.9. The molecule has 104 valence electrons. The lowest BCUT2D eigenvalue weighted by Crippen LogP contribution is -2.04. The summed E-state index contributed by atoms with van der Waals surface area (Å²) < 4.78 is 6.00. The van der Waals surface area contributed by atoms with E-state index in [4.69, 9.17) is 10.5 Å². The van der Waals surface area contributed by atoms with Gasteiger partial charge < -0.3 is 10.5 Å². The molecular weight excluding hydrogens is 324 g/mol. The molecule has 0 aliphatic carbocycles. The van der Waals surface area contributed by atoms with Crippen molar-refractivity contribution in [2.24, 2.45) is 5.73 Å². The lowest BCUT2D eigenvalue weighted by Gasteiger charge is -2.10. The summed E-state index contributed by atoms with van der Waals surface area (Å²) in [5.74, 6) is 0.974. The maximum absolute atomic E-state index is 10.9. The number of nitro benzene ring substituents is 1. The molecule has 0 saturated carbocycles. The molecule has 2 rings (SSSR count). The fraction of sp³-hybridized carbons (Fsp3) is 0.143. The van der Waals surface area contributed by atoms with Gasteiger partial charge in [-0.15, -0.1) is 0 Å². The minimum Gasteiger partial charge on any atom is -0.456 e. The van der Waals surface area contributed by atoms with Crippen LogP contribution in [-0.4, -0.2) is 4.92 Å². The number of nitro groups is 1. The first-order valence-corrected chi connectivity index (χ1v) is 6.74. The summed E-state index contributed by atoms with van der Waals surface area (Å²) in [4.78, 5) is 10.4. The normalized spacial score (nSPS) is 11.9. The zero-order valence-electron chi connectivity index (χ0n) is 10.7. The van der Waals surface area contributed by atoms with Crippen LogP contribution >= 0.6 is 15.9 Å². The van der Waals surface area contributed by atoms with Crippen molar-refractivity contribution in [3.8, 4) is 11.5 Å². The summed E-state index contributed by atoms with van der Waals surface area (Å²) in [6.07, 6.45) is 0. The number of ether oxygens (including phenoxy) is 1. The summed E-state index contributed by atoms with van der Waals surface area (Å²) in [5, 5.41) is 10.9. The molecule has 0 aliphatic rings. The molecule has 0 aromatic heterocycles. The van der Waals surface area contributed by atoms with Crippen molar-refractivity contribution in [1.29, 1.82) is 0 Å². The van der Waals surface area contributed by atoms with Gasteiger partial charge in [-0.05, 0) is 46.6 Å². The van der Waals surface area contributed by atoms with Gasteiger partial charge in [0.1, 0.15) is 16.0 Å². The molecule has 5 nitrogen and oxygen atoms in total. The molecule has 2 N–H and O–H groups in total. The van der Waals surface area contributed by atoms with Crippen LogP contribution in [0.4, 0.5) is 5.69 Å². The molecule has 0 amide bonds. The van der Waals surface area contributed by atoms with Gasteiger partial charge >= 0.3 is 0 Å². The topological polar surface area (TPSA) is 78.4 Å². The van der Waals surface area contributed by atoms with Crippen LogP contribution in [0.5, 0.6) is 11.5 Å². The summed E-state index contributed by atoms with van der Waals surface area (Å²) in [7, 11) is 0. The van der Waals surface area contributed by atoms with Gasteiger partial charge in [0, 0.05) is 12.1 Å². The van der Waals surface area contributed by atoms with Crippen molar-refractivity contribution in [2.75, 3.05) is 0 Å². The molecule has 0 heterocycles. The summed E-state index contributed by atoms with van der Waals surface area (Å²) >= 11 is 3.20. The maximum atomic E-state index is 10.9. The van der Waals surface area contributed by atoms with Gasteiger partial charge in [-0.1, -0.05) is 18.2 Å². The highest BCUT2D eigenvalue weighted by Crippen LogP contribution is 2.36. The van der Waals surface area contributed by atoms with E-state index >= 15 is 0 Å². The molecule has 0 fully saturated rings. The number of hydrogen-bond donors (Lipinski definition) is 1. The Balaban J connectivity index is 2.33. The van der Waals surface area contributed by atoms with Crippen molar-refractivity contribution >= 4 is 21.6 Å². The number of hydrogen-bond acceptors (Lipinski definition) is 4. The first-order valence-electron chi connectivity index (χ1n) is 5.95. The van der Waals surface area contributed by atoms with Crippen molar-refractivity contribution < 1.29 is 9.66 Å². The second kappa shape index (κ2) is 6.02. The fourth-order valence-electron chi connectivity index (χ4n) is 1.71. The Morgan fingerprint density at radius 1 is 1.30 bits per heavy atom. The molecular formula is C14H13BrN2O3. The average Bonchev–Trinajstić information content (AvgIpc) is 2.41. The van der Waals surface area contributed by atoms with Gasteiger partial charge in [-0.2, -0.15) is 0 Å². The monoisotopic (exact) mass is 336 g/mol. The molecule has 20 heavy (non-hydrogen) atoms. The van der Waals surface area contributed by atoms with Gasteiger partial charge in [-0.25, -0.2) is 0 Å². The van der Waals surface area contributed by atoms with Crippen LogP contribution in [0, 0.1) is 10.1 Å². The van der Waals surface area contributed by atoms with E-state index in [1.807, 2.05) is 25.1 Å². The third kappa shape index (κ3) is 3.15. The van der Waals surface area contributed by atoms with E-state index in [1.54, 1.807) is 18.2 Å². The average molecular weight is 337 g/mol. The smallest absolute Gasteiger partial charge is 0.287 e. The Labute approximate surface area is 124 Å². The molecule has 1 atom stereocenters. The van der Waals surface area contributed by atoms with Gasteiger partial charge in [0.15, 0.2) is 0 Å². The quantitative estimate of drug-likeness (QED) is 0.671. The molecule has 0 bridgehead atoms. The van der Waals surface area contributed by atoms with E-state index in [0.717, 1.165) is 5.56 Å². The highest BCUT2D eigenvalue weighted by molar-refractivity contribution is 9.10. The van der Waals surface area contributed by atoms with Crippen molar-refractivity contribution in [2.45, 2.75) is 13.0 Å². The zero-order chi connectivity index (χ0) is 14.7. The lowest BCUT2D eigenvalue weighted by molar-refractivity contribution is -0.385. The van der Waals surface area contributed by atoms with Crippen LogP contribution in [0.3, 0.4) is 0 Å². The molecule has 6 heteroatoms. The Kier molecular flexibility index (Phi) is 4.36. The van der Waals surface area contributed by atoms with Crippen LogP contribution in [0.25, 0.3) is 0 Å². The van der Waals surface area contributed by atoms with Crippen LogP contribution in [0.2, 0.25) is 0 Å². The number of rotatable bonds is 4. The van der Waals surface area contributed by atoms with Crippen LogP contribution in [0.1, 0.15) is 18.5 Å². The number of halogens is 1. The van der Waals surface area contributed by atoms with Crippen molar-refractivity contribution in [3.05, 3.63) is 62.6 Å². The first-order chi connectivity index (χ1) is 9.49. The van der Waals surface area contributed by atoms with E-state index in [-0.39, 0.29) is 11.7 Å². The standard InChI is InChI=1S/C14H13BrN2O3/c1-9(16)10-4-2-5-11(8-10)20-13-7-3-6-12(14(13)15)17(18)19/h2-9H,16H2,1H3. The summed E-state index contributed by atoms with van der Waals surface area (Å²) in [6, 6.07) is 11.9. The van der Waals surface area contributed by atoms with Crippen LogP contribution in [-0.2, 0) is 0 Å². The Bertz CT molecular complexity index is 644. The van der Waals surface area contributed by atoms with E-state index in [9.17, 15) is 10.1 Å². The van der Waals surface area contributed by atoms with Crippen molar-refractivity contribution in [3.63, 3.8) is 0 Å². The van der Waals surface area contributed by atoms with E-state index in [2.05, 4.69) is 15.9 Å². The number of nitrogens with zero attached hydrogens (tertiary/aromatic N) is 1. The lowest BCUT2D eigenvalue weighted by atomic mass is 10.1. The summed E-state index contributed by atoms with van der Waals surface area (Å²) in [6.45, 7) is 1.88. The maximum Gasteiger partial charge on any atom is 0.287 e. The van der Waals surface area contributed by atoms with Gasteiger partial charge in [-0.3, -0.25) is 10.1 Å². The Morgan fingerprint density at radius 3 is 2.65 bits per heavy atom. The molecule has 0 spiro atoms.